The number of rotatable bonds is 6. The molecule has 1 aromatic heterocycles. The first-order valence-corrected chi connectivity index (χ1v) is 12.1. The lowest BCUT2D eigenvalue weighted by molar-refractivity contribution is -0.156. The third-order valence-electron chi connectivity index (χ3n) is 6.99. The molecule has 2 aromatic rings. The molecule has 1 heterocycles. The second-order valence-corrected chi connectivity index (χ2v) is 9.83. The fourth-order valence-corrected chi connectivity index (χ4v) is 6.50. The Labute approximate surface area is 192 Å². The van der Waals surface area contributed by atoms with Gasteiger partial charge in [-0.15, -0.1) is 11.3 Å². The number of carbonyl (C=O) groups is 3. The summed E-state index contributed by atoms with van der Waals surface area (Å²) >= 11 is 1.28. The van der Waals surface area contributed by atoms with Crippen LogP contribution in [-0.2, 0) is 14.3 Å². The van der Waals surface area contributed by atoms with E-state index in [1.807, 2.05) is 31.4 Å². The van der Waals surface area contributed by atoms with Gasteiger partial charge in [0.1, 0.15) is 10.6 Å². The number of fused-ring (bicyclic) bond motifs is 3. The maximum Gasteiger partial charge on any atom is 0.341 e. The molecule has 2 bridgehead atoms. The number of carboxylic acid groups (broad SMARTS) is 1. The van der Waals surface area contributed by atoms with Crippen LogP contribution >= 0.6 is 11.3 Å². The molecule has 3 fully saturated rings. The molecule has 0 unspecified atom stereocenters. The molecular weight excluding hydrogens is 426 g/mol. The average Bonchev–Trinajstić information content (AvgIpc) is 3.17. The monoisotopic (exact) mass is 455 g/mol. The Bertz CT molecular complexity index is 1050. The minimum absolute atomic E-state index is 0.0480. The number of amides is 1. The fourth-order valence-electron chi connectivity index (χ4n) is 5.55. The van der Waals surface area contributed by atoms with Gasteiger partial charge in [-0.25, -0.2) is 4.79 Å². The number of aryl methyl sites for hydroxylation is 2. The van der Waals surface area contributed by atoms with Crippen LogP contribution in [0.1, 0.15) is 54.1 Å². The van der Waals surface area contributed by atoms with Crippen molar-refractivity contribution in [1.82, 2.24) is 0 Å². The molecule has 3 saturated carbocycles. The van der Waals surface area contributed by atoms with Gasteiger partial charge in [0.05, 0.1) is 18.4 Å². The van der Waals surface area contributed by atoms with Gasteiger partial charge in [-0.3, -0.25) is 9.59 Å². The summed E-state index contributed by atoms with van der Waals surface area (Å²) in [6.07, 6.45) is 3.51. The van der Waals surface area contributed by atoms with Crippen LogP contribution in [0.25, 0.3) is 11.1 Å². The zero-order valence-corrected chi connectivity index (χ0v) is 19.5. The van der Waals surface area contributed by atoms with E-state index in [2.05, 4.69) is 11.4 Å². The Morgan fingerprint density at radius 3 is 2.31 bits per heavy atom. The minimum atomic E-state index is -0.896. The van der Waals surface area contributed by atoms with Crippen LogP contribution in [0.15, 0.2) is 23.6 Å². The van der Waals surface area contributed by atoms with E-state index in [0.717, 1.165) is 47.9 Å². The first-order chi connectivity index (χ1) is 15.3. The zero-order chi connectivity index (χ0) is 23.0. The highest BCUT2D eigenvalue weighted by molar-refractivity contribution is 7.15. The van der Waals surface area contributed by atoms with E-state index in [9.17, 15) is 19.5 Å². The van der Waals surface area contributed by atoms with E-state index in [0.29, 0.717) is 10.6 Å². The third-order valence-corrected chi connectivity index (χ3v) is 7.88. The van der Waals surface area contributed by atoms with Gasteiger partial charge in [-0.1, -0.05) is 23.8 Å². The Kier molecular flexibility index (Phi) is 6.38. The molecule has 3 aliphatic rings. The third kappa shape index (κ3) is 4.06. The number of hydrogen-bond acceptors (Lipinski definition) is 5. The number of benzene rings is 1. The highest BCUT2D eigenvalue weighted by Gasteiger charge is 2.50. The number of carbonyl (C=O) groups excluding carboxylic acids is 2. The molecule has 5 rings (SSSR count). The van der Waals surface area contributed by atoms with Crippen LogP contribution in [0.2, 0.25) is 0 Å². The summed E-state index contributed by atoms with van der Waals surface area (Å²) < 4.78 is 5.31. The van der Waals surface area contributed by atoms with Crippen LogP contribution in [0.3, 0.4) is 0 Å². The van der Waals surface area contributed by atoms with Crippen molar-refractivity contribution in [3.8, 4) is 11.1 Å². The number of ether oxygens (including phenoxy) is 1. The Morgan fingerprint density at radius 1 is 1.06 bits per heavy atom. The highest BCUT2D eigenvalue weighted by atomic mass is 32.1. The molecule has 1 aromatic carbocycles. The van der Waals surface area contributed by atoms with Crippen molar-refractivity contribution >= 4 is 34.2 Å². The van der Waals surface area contributed by atoms with Crippen molar-refractivity contribution < 1.29 is 24.2 Å². The van der Waals surface area contributed by atoms with Gasteiger partial charge in [-0.05, 0) is 69.4 Å². The van der Waals surface area contributed by atoms with Crippen LogP contribution in [-0.4, -0.2) is 29.6 Å². The summed E-state index contributed by atoms with van der Waals surface area (Å²) in [4.78, 5) is 38.2. The smallest absolute Gasteiger partial charge is 0.341 e. The molecule has 3 aliphatic carbocycles. The molecule has 7 heteroatoms. The molecule has 32 heavy (non-hydrogen) atoms. The molecule has 2 N–H and O–H groups in total. The molecule has 6 nitrogen and oxygen atoms in total. The summed E-state index contributed by atoms with van der Waals surface area (Å²) in [7, 11) is 0. The molecule has 0 aliphatic heterocycles. The summed E-state index contributed by atoms with van der Waals surface area (Å²) in [6.45, 7) is 5.97. The molecule has 1 amide bonds. The lowest BCUT2D eigenvalue weighted by Crippen LogP contribution is -2.49. The fraction of sp³-hybridized carbons (Fsp3) is 0.480. The number of nitrogens with one attached hydrogen (secondary N) is 1. The number of carboxylic acids is 1. The second-order valence-electron chi connectivity index (χ2n) is 8.95. The summed E-state index contributed by atoms with van der Waals surface area (Å²) in [5, 5.41) is 15.0. The van der Waals surface area contributed by atoms with Crippen molar-refractivity contribution in [3.63, 3.8) is 0 Å². The van der Waals surface area contributed by atoms with Crippen molar-refractivity contribution in [1.29, 1.82) is 0 Å². The largest absolute Gasteiger partial charge is 0.481 e. The van der Waals surface area contributed by atoms with Crippen LogP contribution in [0.5, 0.6) is 0 Å². The summed E-state index contributed by atoms with van der Waals surface area (Å²) in [6, 6.07) is 6.02. The Hall–Kier alpha value is -2.67. The number of aliphatic carboxylic acids is 1. The lowest BCUT2D eigenvalue weighted by Gasteiger charge is -2.45. The van der Waals surface area contributed by atoms with Crippen molar-refractivity contribution in [2.75, 3.05) is 11.9 Å². The maximum atomic E-state index is 13.3. The van der Waals surface area contributed by atoms with E-state index in [4.69, 9.17) is 4.74 Å². The Balaban J connectivity index is 1.69. The zero-order valence-electron chi connectivity index (χ0n) is 18.6. The number of esters is 1. The predicted octanol–water partition coefficient (Wildman–Crippen LogP) is 5.28. The number of anilines is 1. The first-order valence-electron chi connectivity index (χ1n) is 11.2. The standard InChI is InChI=1S/C25H29NO5S/c1-4-31-25(30)21-18(17-10-5-13(2)11-14(17)3)12-32-23(21)26-22(27)19-15-6-8-16(9-7-15)20(19)24(28)29/h5,10-12,15-16,19-20H,4,6-9H2,1-3H3,(H,26,27)(H,28,29)/t15?,16?,19-,20-/m0/s1. The van der Waals surface area contributed by atoms with Gasteiger partial charge >= 0.3 is 11.9 Å². The highest BCUT2D eigenvalue weighted by Crippen LogP contribution is 2.49. The minimum Gasteiger partial charge on any atom is -0.481 e. The number of hydrogen-bond donors (Lipinski definition) is 2. The SMILES string of the molecule is CCOC(=O)c1c(-c2ccc(C)cc2C)csc1NC(=O)[C@H]1C2CCC(CC2)[C@@H]1C(=O)O. The molecular formula is C25H29NO5S. The lowest BCUT2D eigenvalue weighted by atomic mass is 9.58. The van der Waals surface area contributed by atoms with Gasteiger partial charge in [0.15, 0.2) is 0 Å². The average molecular weight is 456 g/mol. The van der Waals surface area contributed by atoms with Crippen LogP contribution in [0, 0.1) is 37.5 Å². The quantitative estimate of drug-likeness (QED) is 0.578. The first kappa shape index (κ1) is 22.5. The van der Waals surface area contributed by atoms with E-state index in [1.165, 1.54) is 11.3 Å². The van der Waals surface area contributed by atoms with Crippen LogP contribution in [0.4, 0.5) is 5.00 Å². The van der Waals surface area contributed by atoms with Crippen LogP contribution < -0.4 is 5.32 Å². The van der Waals surface area contributed by atoms with E-state index < -0.39 is 23.8 Å². The van der Waals surface area contributed by atoms with Gasteiger partial charge in [0, 0.05) is 10.9 Å². The normalized spacial score (nSPS) is 24.2. The Morgan fingerprint density at radius 2 is 1.72 bits per heavy atom. The summed E-state index contributed by atoms with van der Waals surface area (Å²) in [5.74, 6) is -2.79. The maximum absolute atomic E-state index is 13.3. The van der Waals surface area contributed by atoms with Gasteiger partial charge < -0.3 is 15.2 Å². The van der Waals surface area contributed by atoms with Crippen molar-refractivity contribution in [2.45, 2.75) is 46.5 Å². The van der Waals surface area contributed by atoms with E-state index in [1.54, 1.807) is 6.92 Å². The van der Waals surface area contributed by atoms with Gasteiger partial charge in [0.2, 0.25) is 5.91 Å². The number of thiophene rings is 1. The van der Waals surface area contributed by atoms with E-state index in [-0.39, 0.29) is 24.3 Å². The molecule has 0 spiro atoms. The summed E-state index contributed by atoms with van der Waals surface area (Å²) in [5.41, 5.74) is 4.13. The van der Waals surface area contributed by atoms with Crippen molar-refractivity contribution in [2.24, 2.45) is 23.7 Å². The van der Waals surface area contributed by atoms with Gasteiger partial charge in [-0.2, -0.15) is 0 Å². The molecule has 0 saturated heterocycles. The molecule has 170 valence electrons. The molecule has 2 atom stereocenters. The van der Waals surface area contributed by atoms with E-state index >= 15 is 0 Å². The molecule has 0 radical (unpaired) electrons. The van der Waals surface area contributed by atoms with Gasteiger partial charge in [0.25, 0.3) is 0 Å². The predicted molar refractivity (Wildman–Crippen MR) is 124 cm³/mol. The topological polar surface area (TPSA) is 92.7 Å². The second kappa shape index (κ2) is 9.06. The van der Waals surface area contributed by atoms with Crippen molar-refractivity contribution in [3.05, 3.63) is 40.3 Å².